The average Bonchev–Trinajstić information content (AvgIpc) is 2.60. The summed E-state index contributed by atoms with van der Waals surface area (Å²) in [7, 11) is 1.50. The van der Waals surface area contributed by atoms with Crippen molar-refractivity contribution in [1.29, 1.82) is 0 Å². The van der Waals surface area contributed by atoms with Gasteiger partial charge in [0.1, 0.15) is 0 Å². The molecular weight excluding hydrogens is 358 g/mol. The smallest absolute Gasteiger partial charge is 0.258 e. The lowest BCUT2D eigenvalue weighted by atomic mass is 10.1. The summed E-state index contributed by atoms with van der Waals surface area (Å²) in [5.41, 5.74) is 0.509. The number of benzene rings is 1. The molecule has 146 valence electrons. The second kappa shape index (κ2) is 10.9. The molecule has 1 heterocycles. The highest BCUT2D eigenvalue weighted by molar-refractivity contribution is 5.95. The van der Waals surface area contributed by atoms with Gasteiger partial charge in [0, 0.05) is 17.6 Å². The molecule has 0 aliphatic carbocycles. The maximum Gasteiger partial charge on any atom is 0.258 e. The molecule has 0 bridgehead atoms. The van der Waals surface area contributed by atoms with Gasteiger partial charge in [0.15, 0.2) is 18.1 Å². The highest BCUT2D eigenvalue weighted by Crippen LogP contribution is 2.28. The number of methoxy groups -OCH3 is 1. The molecule has 1 aliphatic rings. The van der Waals surface area contributed by atoms with Crippen LogP contribution < -0.4 is 25.4 Å². The molecule has 3 N–H and O–H groups in total. The average molecular weight is 386 g/mol. The van der Waals surface area contributed by atoms with E-state index in [0.717, 1.165) is 25.9 Å². The predicted molar refractivity (Wildman–Crippen MR) is 102 cm³/mol. The van der Waals surface area contributed by atoms with Gasteiger partial charge in [-0.1, -0.05) is 0 Å². The monoisotopic (exact) mass is 385 g/mol. The Morgan fingerprint density at radius 2 is 1.92 bits per heavy atom. The number of hydrogen-bond donors (Lipinski definition) is 3. The minimum Gasteiger partial charge on any atom is -0.493 e. The molecule has 1 saturated heterocycles. The van der Waals surface area contributed by atoms with Gasteiger partial charge in [-0.15, -0.1) is 12.4 Å². The summed E-state index contributed by atoms with van der Waals surface area (Å²) < 4.78 is 10.8. The Kier molecular flexibility index (Phi) is 9.23. The molecule has 1 aromatic rings. The molecule has 0 atom stereocenters. The molecule has 0 aromatic heterocycles. The van der Waals surface area contributed by atoms with Crippen LogP contribution in [0.25, 0.3) is 0 Å². The fourth-order valence-corrected chi connectivity index (χ4v) is 2.67. The first kappa shape index (κ1) is 22.1. The highest BCUT2D eigenvalue weighted by atomic mass is 35.5. The van der Waals surface area contributed by atoms with Crippen LogP contribution in [0.2, 0.25) is 0 Å². The van der Waals surface area contributed by atoms with Crippen molar-refractivity contribution >= 4 is 24.2 Å². The van der Waals surface area contributed by atoms with Crippen LogP contribution in [0.4, 0.5) is 0 Å². The standard InChI is InChI=1S/C18H27N3O4.ClH/c1-12(2)20-17(22)11-25-15-5-4-13(10-16(15)24-3)18(23)21-14-6-8-19-9-7-14;/h4-5,10,12,14,19H,6-9,11H2,1-3H3,(H,20,22)(H,21,23);1H. The van der Waals surface area contributed by atoms with Crippen molar-refractivity contribution in [3.63, 3.8) is 0 Å². The van der Waals surface area contributed by atoms with E-state index in [4.69, 9.17) is 9.47 Å². The van der Waals surface area contributed by atoms with Crippen molar-refractivity contribution in [1.82, 2.24) is 16.0 Å². The fourth-order valence-electron chi connectivity index (χ4n) is 2.67. The van der Waals surface area contributed by atoms with Crippen LogP contribution in [-0.2, 0) is 4.79 Å². The van der Waals surface area contributed by atoms with Crippen LogP contribution in [0.1, 0.15) is 37.0 Å². The first-order valence-corrected chi connectivity index (χ1v) is 8.61. The SMILES string of the molecule is COc1cc(C(=O)NC2CCNCC2)ccc1OCC(=O)NC(C)C.Cl. The van der Waals surface area contributed by atoms with Gasteiger partial charge in [0.2, 0.25) is 0 Å². The van der Waals surface area contributed by atoms with Crippen LogP contribution in [0.5, 0.6) is 11.5 Å². The molecule has 1 aromatic carbocycles. The number of halogens is 1. The maximum atomic E-state index is 12.4. The summed E-state index contributed by atoms with van der Waals surface area (Å²) in [6.45, 7) is 5.50. The van der Waals surface area contributed by atoms with Crippen molar-refractivity contribution in [2.24, 2.45) is 0 Å². The minimum atomic E-state index is -0.204. The largest absolute Gasteiger partial charge is 0.493 e. The number of carbonyl (C=O) groups excluding carboxylic acids is 2. The Morgan fingerprint density at radius 1 is 1.23 bits per heavy atom. The van der Waals surface area contributed by atoms with Crippen LogP contribution in [0.15, 0.2) is 18.2 Å². The molecule has 2 rings (SSSR count). The number of ether oxygens (including phenoxy) is 2. The van der Waals surface area contributed by atoms with Crippen molar-refractivity contribution in [2.75, 3.05) is 26.8 Å². The summed E-state index contributed by atoms with van der Waals surface area (Å²) in [5, 5.41) is 9.06. The Labute approximate surface area is 160 Å². The highest BCUT2D eigenvalue weighted by Gasteiger charge is 2.18. The zero-order chi connectivity index (χ0) is 18.2. The molecule has 7 nitrogen and oxygen atoms in total. The quantitative estimate of drug-likeness (QED) is 0.662. The number of nitrogens with one attached hydrogen (secondary N) is 3. The van der Waals surface area contributed by atoms with Gasteiger partial charge in [0.05, 0.1) is 7.11 Å². The first-order valence-electron chi connectivity index (χ1n) is 8.61. The number of piperidine rings is 1. The van der Waals surface area contributed by atoms with E-state index in [2.05, 4.69) is 16.0 Å². The summed E-state index contributed by atoms with van der Waals surface area (Å²) in [5.74, 6) is 0.522. The molecule has 8 heteroatoms. The molecule has 0 unspecified atom stereocenters. The van der Waals surface area contributed by atoms with Crippen molar-refractivity contribution in [3.8, 4) is 11.5 Å². The zero-order valence-corrected chi connectivity index (χ0v) is 16.3. The number of carbonyl (C=O) groups is 2. The third-order valence-electron chi connectivity index (χ3n) is 3.91. The van der Waals surface area contributed by atoms with Gasteiger partial charge in [-0.05, 0) is 58.0 Å². The van der Waals surface area contributed by atoms with Gasteiger partial charge < -0.3 is 25.4 Å². The van der Waals surface area contributed by atoms with Gasteiger partial charge in [-0.25, -0.2) is 0 Å². The Bertz CT molecular complexity index is 604. The molecule has 0 saturated carbocycles. The summed E-state index contributed by atoms with van der Waals surface area (Å²) >= 11 is 0. The Morgan fingerprint density at radius 3 is 2.54 bits per heavy atom. The van der Waals surface area contributed by atoms with E-state index in [1.54, 1.807) is 18.2 Å². The third-order valence-corrected chi connectivity index (χ3v) is 3.91. The molecule has 1 fully saturated rings. The summed E-state index contributed by atoms with van der Waals surface area (Å²) in [6.07, 6.45) is 1.85. The van der Waals surface area contributed by atoms with E-state index in [0.29, 0.717) is 17.1 Å². The molecule has 2 amide bonds. The first-order chi connectivity index (χ1) is 12.0. The van der Waals surface area contributed by atoms with E-state index in [1.165, 1.54) is 7.11 Å². The third kappa shape index (κ3) is 6.72. The predicted octanol–water partition coefficient (Wildman–Crippen LogP) is 1.50. The Hall–Kier alpha value is -1.99. The van der Waals surface area contributed by atoms with Crippen LogP contribution in [0.3, 0.4) is 0 Å². The second-order valence-corrected chi connectivity index (χ2v) is 6.37. The minimum absolute atomic E-state index is 0. The number of amides is 2. The Balaban J connectivity index is 0.00000338. The molecule has 1 aliphatic heterocycles. The second-order valence-electron chi connectivity index (χ2n) is 6.37. The molecule has 0 spiro atoms. The van der Waals surface area contributed by atoms with E-state index in [9.17, 15) is 9.59 Å². The lowest BCUT2D eigenvalue weighted by molar-refractivity contribution is -0.123. The topological polar surface area (TPSA) is 88.7 Å². The van der Waals surface area contributed by atoms with E-state index < -0.39 is 0 Å². The van der Waals surface area contributed by atoms with Gasteiger partial charge >= 0.3 is 0 Å². The van der Waals surface area contributed by atoms with Crippen LogP contribution in [-0.4, -0.2) is 50.7 Å². The molecule has 26 heavy (non-hydrogen) atoms. The van der Waals surface area contributed by atoms with Crippen LogP contribution in [0, 0.1) is 0 Å². The van der Waals surface area contributed by atoms with Crippen molar-refractivity contribution < 1.29 is 19.1 Å². The number of hydrogen-bond acceptors (Lipinski definition) is 5. The zero-order valence-electron chi connectivity index (χ0n) is 15.5. The molecular formula is C18H28ClN3O4. The van der Waals surface area contributed by atoms with Crippen molar-refractivity contribution in [2.45, 2.75) is 38.8 Å². The van der Waals surface area contributed by atoms with Crippen LogP contribution >= 0.6 is 12.4 Å². The van der Waals surface area contributed by atoms with E-state index in [-0.39, 0.29) is 42.9 Å². The summed E-state index contributed by atoms with van der Waals surface area (Å²) in [6, 6.07) is 5.20. The molecule has 0 radical (unpaired) electrons. The maximum absolute atomic E-state index is 12.4. The lowest BCUT2D eigenvalue weighted by Crippen LogP contribution is -2.42. The van der Waals surface area contributed by atoms with Gasteiger partial charge in [-0.2, -0.15) is 0 Å². The van der Waals surface area contributed by atoms with E-state index >= 15 is 0 Å². The normalized spacial score (nSPS) is 14.3. The van der Waals surface area contributed by atoms with Gasteiger partial charge in [0.25, 0.3) is 11.8 Å². The fraction of sp³-hybridized carbons (Fsp3) is 0.556. The lowest BCUT2D eigenvalue weighted by Gasteiger charge is -2.23. The summed E-state index contributed by atoms with van der Waals surface area (Å²) in [4.78, 5) is 24.1. The number of rotatable bonds is 7. The van der Waals surface area contributed by atoms with Gasteiger partial charge in [-0.3, -0.25) is 9.59 Å². The van der Waals surface area contributed by atoms with Crippen molar-refractivity contribution in [3.05, 3.63) is 23.8 Å². The van der Waals surface area contributed by atoms with E-state index in [1.807, 2.05) is 13.8 Å².